The summed E-state index contributed by atoms with van der Waals surface area (Å²) in [5.74, 6) is -0.752. The molecule has 2 aromatic carbocycles. The van der Waals surface area contributed by atoms with E-state index >= 15 is 0 Å². The maximum atomic E-state index is 13.4. The lowest BCUT2D eigenvalue weighted by Crippen LogP contribution is -2.51. The number of aromatic hydroxyl groups is 1. The average Bonchev–Trinajstić information content (AvgIpc) is 2.82. The lowest BCUT2D eigenvalue weighted by atomic mass is 9.78. The third-order valence-electron chi connectivity index (χ3n) is 5.95. The monoisotopic (exact) mass is 511 g/mol. The van der Waals surface area contributed by atoms with E-state index in [0.717, 1.165) is 11.1 Å². The first-order valence-corrected chi connectivity index (χ1v) is 11.1. The van der Waals surface area contributed by atoms with Gasteiger partial charge >= 0.3 is 0 Å². The Labute approximate surface area is 199 Å². The van der Waals surface area contributed by atoms with Gasteiger partial charge in [-0.2, -0.15) is 0 Å². The number of rotatable bonds is 6. The number of hydrogen-bond acceptors (Lipinski definition) is 6. The number of hydrogen-bond donors (Lipinski definition) is 1. The van der Waals surface area contributed by atoms with Gasteiger partial charge in [0.25, 0.3) is 0 Å². The first-order valence-electron chi connectivity index (χ1n) is 10.3. The van der Waals surface area contributed by atoms with Crippen molar-refractivity contribution in [2.75, 3.05) is 7.11 Å². The summed E-state index contributed by atoms with van der Waals surface area (Å²) in [5.41, 5.74) is 2.00. The number of likely N-dealkylation sites (tertiary alicyclic amines) is 1. The van der Waals surface area contributed by atoms with Crippen LogP contribution in [0.2, 0.25) is 0 Å². The van der Waals surface area contributed by atoms with Crippen LogP contribution in [0.25, 0.3) is 0 Å². The Hall–Kier alpha value is -3.46. The second-order valence-corrected chi connectivity index (χ2v) is 8.73. The third kappa shape index (κ3) is 4.54. The van der Waals surface area contributed by atoms with Crippen molar-refractivity contribution in [2.45, 2.75) is 31.0 Å². The molecule has 0 unspecified atom stereocenters. The number of phenols is 1. The van der Waals surface area contributed by atoms with Crippen LogP contribution in [0.4, 0.5) is 0 Å². The highest BCUT2D eigenvalue weighted by Crippen LogP contribution is 2.45. The second-order valence-electron chi connectivity index (χ2n) is 7.88. The Morgan fingerprint density at radius 3 is 2.61 bits per heavy atom. The minimum absolute atomic E-state index is 0.0167. The number of methoxy groups -OCH3 is 1. The molecule has 1 fully saturated rings. The van der Waals surface area contributed by atoms with E-state index in [1.807, 2.05) is 36.4 Å². The van der Waals surface area contributed by atoms with Gasteiger partial charge < -0.3 is 14.7 Å². The highest BCUT2D eigenvalue weighted by atomic mass is 79.9. The summed E-state index contributed by atoms with van der Waals surface area (Å²) in [7, 11) is 1.41. The number of nitro groups is 1. The average molecular weight is 512 g/mol. The number of pyridine rings is 1. The molecule has 0 saturated carbocycles. The van der Waals surface area contributed by atoms with Crippen LogP contribution in [0.15, 0.2) is 71.5 Å². The highest BCUT2D eigenvalue weighted by molar-refractivity contribution is 9.10. The molecule has 3 aromatic rings. The van der Waals surface area contributed by atoms with Crippen LogP contribution in [0.3, 0.4) is 0 Å². The molecule has 170 valence electrons. The Bertz CT molecular complexity index is 1160. The summed E-state index contributed by atoms with van der Waals surface area (Å²) in [5, 5.41) is 22.8. The Morgan fingerprint density at radius 2 is 1.97 bits per heavy atom. The van der Waals surface area contributed by atoms with Crippen molar-refractivity contribution in [3.05, 3.63) is 98.3 Å². The highest BCUT2D eigenvalue weighted by Gasteiger charge is 2.50. The number of phenolic OH excluding ortho intramolecular Hbond substituents is 1. The molecule has 4 rings (SSSR count). The number of benzene rings is 2. The number of carbonyl (C=O) groups excluding carboxylic acids is 1. The molecule has 8 nitrogen and oxygen atoms in total. The molecule has 1 saturated heterocycles. The molecule has 1 aliphatic rings. The summed E-state index contributed by atoms with van der Waals surface area (Å²) in [4.78, 5) is 31.3. The van der Waals surface area contributed by atoms with Gasteiger partial charge in [-0.05, 0) is 50.8 Å². The third-order valence-corrected chi connectivity index (χ3v) is 6.55. The van der Waals surface area contributed by atoms with Crippen molar-refractivity contribution >= 4 is 21.8 Å². The molecule has 1 aromatic heterocycles. The van der Waals surface area contributed by atoms with Crippen LogP contribution in [-0.2, 0) is 11.3 Å². The standard InChI is InChI=1S/C24H22BrN3O5/c1-33-20-11-17(10-19(25)24(20)30)22-23(28(31)32)18(16-7-3-2-4-8-16)12-21(29)27(22)14-15-6-5-9-26-13-15/h2-11,13,18,22-23,30H,12,14H2,1H3/t18-,22+,23-/m0/s1. The first-order chi connectivity index (χ1) is 15.9. The largest absolute Gasteiger partial charge is 0.503 e. The van der Waals surface area contributed by atoms with E-state index in [0.29, 0.717) is 10.0 Å². The van der Waals surface area contributed by atoms with E-state index in [4.69, 9.17) is 4.74 Å². The van der Waals surface area contributed by atoms with Gasteiger partial charge in [-0.3, -0.25) is 19.9 Å². The van der Waals surface area contributed by atoms with Crippen LogP contribution in [-0.4, -0.2) is 39.0 Å². The summed E-state index contributed by atoms with van der Waals surface area (Å²) >= 11 is 3.31. The van der Waals surface area contributed by atoms with Gasteiger partial charge in [-0.15, -0.1) is 0 Å². The van der Waals surface area contributed by atoms with Crippen LogP contribution >= 0.6 is 15.9 Å². The lowest BCUT2D eigenvalue weighted by molar-refractivity contribution is -0.537. The van der Waals surface area contributed by atoms with E-state index in [1.54, 1.807) is 30.6 Å². The van der Waals surface area contributed by atoms with E-state index in [-0.39, 0.29) is 35.3 Å². The SMILES string of the molecule is COc1cc([C@@H]2[C@@H]([N+](=O)[O-])[C@H](c3ccccc3)CC(=O)N2Cc2cccnc2)cc(Br)c1O. The summed E-state index contributed by atoms with van der Waals surface area (Å²) in [6.45, 7) is 0.171. The summed E-state index contributed by atoms with van der Waals surface area (Å²) in [6.07, 6.45) is 3.29. The topological polar surface area (TPSA) is 106 Å². The molecule has 0 radical (unpaired) electrons. The molecule has 3 atom stereocenters. The molecule has 0 spiro atoms. The number of piperidine rings is 1. The zero-order valence-corrected chi connectivity index (χ0v) is 19.4. The van der Waals surface area contributed by atoms with E-state index < -0.39 is 18.0 Å². The van der Waals surface area contributed by atoms with Gasteiger partial charge in [0.2, 0.25) is 11.9 Å². The molecule has 1 amide bonds. The number of nitrogens with zero attached hydrogens (tertiary/aromatic N) is 3. The lowest BCUT2D eigenvalue weighted by Gasteiger charge is -2.41. The predicted octanol–water partition coefficient (Wildman–Crippen LogP) is 4.46. The van der Waals surface area contributed by atoms with Crippen LogP contribution in [0.1, 0.15) is 35.1 Å². The van der Waals surface area contributed by atoms with Crippen molar-refractivity contribution in [3.63, 3.8) is 0 Å². The van der Waals surface area contributed by atoms with Crippen LogP contribution < -0.4 is 4.74 Å². The quantitative estimate of drug-likeness (QED) is 0.386. The molecule has 1 aliphatic heterocycles. The summed E-state index contributed by atoms with van der Waals surface area (Å²) in [6, 6.07) is 13.8. The van der Waals surface area contributed by atoms with Gasteiger partial charge in [0.1, 0.15) is 6.04 Å². The van der Waals surface area contributed by atoms with E-state index in [2.05, 4.69) is 20.9 Å². The van der Waals surface area contributed by atoms with Crippen molar-refractivity contribution in [3.8, 4) is 11.5 Å². The van der Waals surface area contributed by atoms with Crippen LogP contribution in [0.5, 0.6) is 11.5 Å². The summed E-state index contributed by atoms with van der Waals surface area (Å²) < 4.78 is 5.61. The minimum atomic E-state index is -1.11. The van der Waals surface area contributed by atoms with Gasteiger partial charge in [0.15, 0.2) is 11.5 Å². The minimum Gasteiger partial charge on any atom is -0.503 e. The zero-order chi connectivity index (χ0) is 23.5. The van der Waals surface area contributed by atoms with Gasteiger partial charge in [0, 0.05) is 30.3 Å². The Kier molecular flexibility index (Phi) is 6.60. The second kappa shape index (κ2) is 9.58. The molecule has 0 aliphatic carbocycles. The molecule has 0 bridgehead atoms. The van der Waals surface area contributed by atoms with Gasteiger partial charge in [-0.1, -0.05) is 36.4 Å². The number of amides is 1. The number of halogens is 1. The van der Waals surface area contributed by atoms with Gasteiger partial charge in [-0.25, -0.2) is 0 Å². The predicted molar refractivity (Wildman–Crippen MR) is 124 cm³/mol. The fourth-order valence-corrected chi connectivity index (χ4v) is 4.90. The number of aromatic nitrogens is 1. The van der Waals surface area contributed by atoms with Crippen molar-refractivity contribution in [1.82, 2.24) is 9.88 Å². The maximum absolute atomic E-state index is 13.4. The fourth-order valence-electron chi connectivity index (χ4n) is 4.44. The van der Waals surface area contributed by atoms with Crippen molar-refractivity contribution in [2.24, 2.45) is 0 Å². The normalized spacial score (nSPS) is 20.5. The molecular weight excluding hydrogens is 490 g/mol. The molecule has 2 heterocycles. The van der Waals surface area contributed by atoms with E-state index in [1.165, 1.54) is 12.0 Å². The number of carbonyl (C=O) groups is 1. The first kappa shape index (κ1) is 22.7. The van der Waals surface area contributed by atoms with E-state index in [9.17, 15) is 20.0 Å². The fraction of sp³-hybridized carbons (Fsp3) is 0.250. The molecule has 33 heavy (non-hydrogen) atoms. The molecular formula is C24H22BrN3O5. The molecule has 1 N–H and O–H groups in total. The number of ether oxygens (including phenoxy) is 1. The van der Waals surface area contributed by atoms with Crippen LogP contribution in [0, 0.1) is 10.1 Å². The van der Waals surface area contributed by atoms with Crippen molar-refractivity contribution in [1.29, 1.82) is 0 Å². The zero-order valence-electron chi connectivity index (χ0n) is 17.8. The smallest absolute Gasteiger partial charge is 0.244 e. The maximum Gasteiger partial charge on any atom is 0.244 e. The Morgan fingerprint density at radius 1 is 1.21 bits per heavy atom. The molecule has 9 heteroatoms. The van der Waals surface area contributed by atoms with Crippen molar-refractivity contribution < 1.29 is 19.6 Å². The van der Waals surface area contributed by atoms with Gasteiger partial charge in [0.05, 0.1) is 17.5 Å². The Balaban J connectivity index is 1.87.